The van der Waals surface area contributed by atoms with Crippen LogP contribution in [0.15, 0.2) is 0 Å². The average molecular weight is 386 g/mol. The van der Waals surface area contributed by atoms with E-state index in [1.54, 1.807) is 0 Å². The zero-order chi connectivity index (χ0) is 13.3. The SMILES string of the molecule is CC(C)(C)[Si](C)(C)OCC1CCCC(Br)C1Br. The quantitative estimate of drug-likeness (QED) is 0.470. The Morgan fingerprint density at radius 1 is 1.18 bits per heavy atom. The fourth-order valence-electron chi connectivity index (χ4n) is 1.90. The molecule has 1 saturated carbocycles. The molecule has 1 nitrogen and oxygen atoms in total. The second-order valence-corrected chi connectivity index (χ2v) is 13.8. The van der Waals surface area contributed by atoms with Gasteiger partial charge in [-0.15, -0.1) is 0 Å². The lowest BCUT2D eigenvalue weighted by molar-refractivity contribution is 0.202. The van der Waals surface area contributed by atoms with Gasteiger partial charge < -0.3 is 4.43 Å². The second kappa shape index (κ2) is 6.06. The minimum Gasteiger partial charge on any atom is -0.417 e. The summed E-state index contributed by atoms with van der Waals surface area (Å²) in [5.74, 6) is 0.669. The predicted octanol–water partition coefficient (Wildman–Crippen LogP) is 5.34. The monoisotopic (exact) mass is 384 g/mol. The molecule has 0 spiro atoms. The molecule has 1 aliphatic rings. The summed E-state index contributed by atoms with van der Waals surface area (Å²) >= 11 is 7.59. The van der Waals surface area contributed by atoms with E-state index in [0.717, 1.165) is 6.61 Å². The highest BCUT2D eigenvalue weighted by molar-refractivity contribution is 9.12. The Balaban J connectivity index is 2.50. The number of hydrogen-bond acceptors (Lipinski definition) is 1. The van der Waals surface area contributed by atoms with E-state index in [-0.39, 0.29) is 0 Å². The third kappa shape index (κ3) is 4.32. The molecule has 0 saturated heterocycles. The molecule has 3 unspecified atom stereocenters. The van der Waals surface area contributed by atoms with Gasteiger partial charge in [-0.2, -0.15) is 0 Å². The number of alkyl halides is 2. The molecule has 17 heavy (non-hydrogen) atoms. The van der Waals surface area contributed by atoms with Crippen molar-refractivity contribution in [1.29, 1.82) is 0 Å². The molecule has 0 N–H and O–H groups in total. The largest absolute Gasteiger partial charge is 0.417 e. The van der Waals surface area contributed by atoms with Crippen LogP contribution < -0.4 is 0 Å². The van der Waals surface area contributed by atoms with Crippen molar-refractivity contribution in [1.82, 2.24) is 0 Å². The van der Waals surface area contributed by atoms with Crippen LogP contribution in [0, 0.1) is 5.92 Å². The van der Waals surface area contributed by atoms with E-state index in [2.05, 4.69) is 65.7 Å². The van der Waals surface area contributed by atoms with Gasteiger partial charge in [0.05, 0.1) is 0 Å². The number of hydrogen-bond donors (Lipinski definition) is 0. The second-order valence-electron chi connectivity index (χ2n) is 6.72. The molecule has 0 heterocycles. The lowest BCUT2D eigenvalue weighted by Crippen LogP contribution is -2.43. The molecular weight excluding hydrogens is 360 g/mol. The van der Waals surface area contributed by atoms with Crippen LogP contribution in [0.2, 0.25) is 18.1 Å². The summed E-state index contributed by atoms with van der Waals surface area (Å²) < 4.78 is 6.34. The van der Waals surface area contributed by atoms with Crippen molar-refractivity contribution in [2.75, 3.05) is 6.61 Å². The van der Waals surface area contributed by atoms with Gasteiger partial charge in [-0.05, 0) is 36.9 Å². The molecule has 4 heteroatoms. The van der Waals surface area contributed by atoms with E-state index < -0.39 is 8.32 Å². The third-order valence-electron chi connectivity index (χ3n) is 4.32. The first-order valence-electron chi connectivity index (χ1n) is 6.57. The number of rotatable bonds is 3. The average Bonchev–Trinajstić information content (AvgIpc) is 2.18. The Hall–Kier alpha value is 1.14. The Kier molecular flexibility index (Phi) is 5.77. The van der Waals surface area contributed by atoms with Gasteiger partial charge in [0.1, 0.15) is 0 Å². The smallest absolute Gasteiger partial charge is 0.191 e. The maximum absolute atomic E-state index is 6.34. The summed E-state index contributed by atoms with van der Waals surface area (Å²) in [6.45, 7) is 12.5. The highest BCUT2D eigenvalue weighted by Crippen LogP contribution is 2.39. The molecule has 1 fully saturated rings. The van der Waals surface area contributed by atoms with Crippen molar-refractivity contribution in [3.05, 3.63) is 0 Å². The highest BCUT2D eigenvalue weighted by atomic mass is 79.9. The molecular formula is C13H26Br2OSi. The fraction of sp³-hybridized carbons (Fsp3) is 1.00. The molecule has 3 atom stereocenters. The summed E-state index contributed by atoms with van der Waals surface area (Å²) in [6.07, 6.45) is 3.91. The van der Waals surface area contributed by atoms with E-state index >= 15 is 0 Å². The maximum Gasteiger partial charge on any atom is 0.191 e. The first kappa shape index (κ1) is 16.2. The fourth-order valence-corrected chi connectivity index (χ4v) is 4.40. The van der Waals surface area contributed by atoms with Crippen molar-refractivity contribution in [3.8, 4) is 0 Å². The van der Waals surface area contributed by atoms with Crippen molar-refractivity contribution in [3.63, 3.8) is 0 Å². The van der Waals surface area contributed by atoms with E-state index in [4.69, 9.17) is 4.43 Å². The summed E-state index contributed by atoms with van der Waals surface area (Å²) in [5.41, 5.74) is 0. The Bertz CT molecular complexity index is 250. The zero-order valence-corrected chi connectivity index (χ0v) is 15.9. The maximum atomic E-state index is 6.34. The Labute approximate surface area is 124 Å². The lowest BCUT2D eigenvalue weighted by Gasteiger charge is -2.39. The molecule has 0 bridgehead atoms. The molecule has 0 radical (unpaired) electrons. The summed E-state index contributed by atoms with van der Waals surface area (Å²) in [5, 5.41) is 0.317. The van der Waals surface area contributed by atoms with Gasteiger partial charge in [-0.3, -0.25) is 0 Å². The Morgan fingerprint density at radius 3 is 2.29 bits per heavy atom. The van der Waals surface area contributed by atoms with Gasteiger partial charge >= 0.3 is 0 Å². The topological polar surface area (TPSA) is 9.23 Å². The molecule has 0 aromatic heterocycles. The van der Waals surface area contributed by atoms with Gasteiger partial charge in [0.15, 0.2) is 8.32 Å². The molecule has 1 rings (SSSR count). The van der Waals surface area contributed by atoms with E-state index in [1.165, 1.54) is 19.3 Å². The van der Waals surface area contributed by atoms with Gasteiger partial charge in [-0.25, -0.2) is 0 Å². The van der Waals surface area contributed by atoms with Crippen molar-refractivity contribution in [2.45, 2.75) is 67.8 Å². The van der Waals surface area contributed by atoms with Crippen LogP contribution in [0.4, 0.5) is 0 Å². The summed E-state index contributed by atoms with van der Waals surface area (Å²) in [7, 11) is -1.58. The zero-order valence-electron chi connectivity index (χ0n) is 11.7. The van der Waals surface area contributed by atoms with Crippen LogP contribution in [0.5, 0.6) is 0 Å². The predicted molar refractivity (Wildman–Crippen MR) is 85.9 cm³/mol. The first-order valence-corrected chi connectivity index (χ1v) is 11.3. The van der Waals surface area contributed by atoms with Crippen LogP contribution in [-0.4, -0.2) is 24.6 Å². The van der Waals surface area contributed by atoms with Gasteiger partial charge in [0.25, 0.3) is 0 Å². The number of halogens is 2. The van der Waals surface area contributed by atoms with Crippen LogP contribution in [-0.2, 0) is 4.43 Å². The highest BCUT2D eigenvalue weighted by Gasteiger charge is 2.39. The molecule has 102 valence electrons. The van der Waals surface area contributed by atoms with Gasteiger partial charge in [-0.1, -0.05) is 59.1 Å². The van der Waals surface area contributed by atoms with Crippen LogP contribution in [0.1, 0.15) is 40.0 Å². The molecule has 0 aromatic carbocycles. The molecule has 0 aliphatic heterocycles. The van der Waals surface area contributed by atoms with Crippen LogP contribution in [0.3, 0.4) is 0 Å². The lowest BCUT2D eigenvalue weighted by atomic mass is 9.90. The van der Waals surface area contributed by atoms with Gasteiger partial charge in [0, 0.05) is 16.3 Å². The van der Waals surface area contributed by atoms with Gasteiger partial charge in [0.2, 0.25) is 0 Å². The van der Waals surface area contributed by atoms with Crippen LogP contribution in [0.25, 0.3) is 0 Å². The van der Waals surface area contributed by atoms with E-state index in [9.17, 15) is 0 Å². The van der Waals surface area contributed by atoms with Crippen molar-refractivity contribution < 1.29 is 4.43 Å². The molecule has 0 aromatic rings. The van der Waals surface area contributed by atoms with Crippen LogP contribution >= 0.6 is 31.9 Å². The standard InChI is InChI=1S/C13H26Br2OSi/c1-13(2,3)17(4,5)16-9-10-7-6-8-11(14)12(10)15/h10-12H,6-9H2,1-5H3. The summed E-state index contributed by atoms with van der Waals surface area (Å²) in [4.78, 5) is 1.19. The van der Waals surface area contributed by atoms with E-state index in [1.807, 2.05) is 0 Å². The minimum atomic E-state index is -1.58. The summed E-state index contributed by atoms with van der Waals surface area (Å²) in [6, 6.07) is 0. The van der Waals surface area contributed by atoms with Crippen molar-refractivity contribution >= 4 is 40.2 Å². The first-order chi connectivity index (χ1) is 7.65. The molecule has 0 amide bonds. The Morgan fingerprint density at radius 2 is 1.76 bits per heavy atom. The third-order valence-corrected chi connectivity index (χ3v) is 11.9. The van der Waals surface area contributed by atoms with E-state index in [0.29, 0.717) is 20.6 Å². The minimum absolute atomic E-state index is 0.317. The van der Waals surface area contributed by atoms with Crippen molar-refractivity contribution in [2.24, 2.45) is 5.92 Å². The molecule has 1 aliphatic carbocycles. The normalized spacial score (nSPS) is 31.6.